The number of amides is 2. The smallest absolute Gasteiger partial charge is 0.229 e. The topological polar surface area (TPSA) is 62.3 Å². The Bertz CT molecular complexity index is 892. The average Bonchev–Trinajstić information content (AvgIpc) is 3.06. The average molecular weight is 347 g/mol. The van der Waals surface area contributed by atoms with Gasteiger partial charge >= 0.3 is 0 Å². The minimum Gasteiger partial charge on any atom is -0.311 e. The number of aryl methyl sites for hydroxylation is 1. The van der Waals surface area contributed by atoms with E-state index in [1.165, 1.54) is 11.1 Å². The first-order valence-corrected chi connectivity index (χ1v) is 9.33. The van der Waals surface area contributed by atoms with Crippen molar-refractivity contribution in [3.8, 4) is 0 Å². The fourth-order valence-electron chi connectivity index (χ4n) is 4.69. The maximum absolute atomic E-state index is 12.7. The van der Waals surface area contributed by atoms with Crippen LogP contribution in [0.2, 0.25) is 0 Å². The number of fused-ring (bicyclic) bond motifs is 2. The van der Waals surface area contributed by atoms with E-state index in [1.807, 2.05) is 6.07 Å². The molecule has 5 heteroatoms. The van der Waals surface area contributed by atoms with Gasteiger partial charge in [0.2, 0.25) is 11.8 Å². The Morgan fingerprint density at radius 3 is 2.85 bits per heavy atom. The van der Waals surface area contributed by atoms with Crippen molar-refractivity contribution in [2.45, 2.75) is 37.5 Å². The van der Waals surface area contributed by atoms with Crippen molar-refractivity contribution in [2.75, 3.05) is 16.8 Å². The van der Waals surface area contributed by atoms with Gasteiger partial charge in [-0.3, -0.25) is 9.59 Å². The summed E-state index contributed by atoms with van der Waals surface area (Å²) in [6.45, 7) is 0.746. The van der Waals surface area contributed by atoms with Gasteiger partial charge in [0.25, 0.3) is 0 Å². The van der Waals surface area contributed by atoms with E-state index in [4.69, 9.17) is 0 Å². The van der Waals surface area contributed by atoms with E-state index in [2.05, 4.69) is 34.6 Å². The van der Waals surface area contributed by atoms with Crippen molar-refractivity contribution in [1.29, 1.82) is 0 Å². The van der Waals surface area contributed by atoms with Crippen LogP contribution in [0.15, 0.2) is 42.6 Å². The summed E-state index contributed by atoms with van der Waals surface area (Å²) in [7, 11) is 0. The summed E-state index contributed by atoms with van der Waals surface area (Å²) in [4.78, 5) is 30.6. The van der Waals surface area contributed by atoms with Gasteiger partial charge in [-0.05, 0) is 48.9 Å². The highest BCUT2D eigenvalue weighted by Gasteiger charge is 2.61. The van der Waals surface area contributed by atoms with Crippen molar-refractivity contribution in [3.05, 3.63) is 53.7 Å². The largest absolute Gasteiger partial charge is 0.311 e. The van der Waals surface area contributed by atoms with Gasteiger partial charge < -0.3 is 10.2 Å². The fourth-order valence-corrected chi connectivity index (χ4v) is 4.69. The molecule has 1 aliphatic heterocycles. The molecule has 0 unspecified atom stereocenters. The maximum atomic E-state index is 12.7. The third-order valence-corrected chi connectivity index (χ3v) is 6.17. The first-order chi connectivity index (χ1) is 12.7. The third kappa shape index (κ3) is 2.34. The minimum absolute atomic E-state index is 0.0350. The number of carbonyl (C=O) groups is 2. The van der Waals surface area contributed by atoms with Crippen molar-refractivity contribution >= 4 is 23.3 Å². The van der Waals surface area contributed by atoms with Crippen LogP contribution in [0.25, 0.3) is 0 Å². The molecule has 1 N–H and O–H groups in total. The Morgan fingerprint density at radius 1 is 1.19 bits per heavy atom. The number of carbonyl (C=O) groups excluding carboxylic acids is 2. The Morgan fingerprint density at radius 2 is 2.08 bits per heavy atom. The molecule has 1 saturated carbocycles. The first-order valence-electron chi connectivity index (χ1n) is 9.33. The van der Waals surface area contributed by atoms with Crippen LogP contribution in [0.3, 0.4) is 0 Å². The van der Waals surface area contributed by atoms with E-state index in [1.54, 1.807) is 17.2 Å². The van der Waals surface area contributed by atoms with Crippen LogP contribution in [-0.4, -0.2) is 23.3 Å². The number of hydrogen-bond donors (Lipinski definition) is 1. The van der Waals surface area contributed by atoms with Gasteiger partial charge in [0, 0.05) is 24.3 Å². The molecule has 1 saturated heterocycles. The normalized spacial score (nSPS) is 26.2. The van der Waals surface area contributed by atoms with Crippen molar-refractivity contribution in [2.24, 2.45) is 5.92 Å². The van der Waals surface area contributed by atoms with Crippen LogP contribution >= 0.6 is 0 Å². The number of aromatic nitrogens is 1. The number of benzene rings is 1. The zero-order valence-electron chi connectivity index (χ0n) is 14.6. The van der Waals surface area contributed by atoms with Crippen molar-refractivity contribution in [3.63, 3.8) is 0 Å². The number of hydrogen-bond acceptors (Lipinski definition) is 3. The molecule has 2 atom stereocenters. The molecule has 1 spiro atoms. The molecule has 0 radical (unpaired) electrons. The zero-order chi connectivity index (χ0) is 17.7. The van der Waals surface area contributed by atoms with Crippen LogP contribution in [0.5, 0.6) is 0 Å². The van der Waals surface area contributed by atoms with E-state index in [0.717, 1.165) is 37.9 Å². The van der Waals surface area contributed by atoms with E-state index >= 15 is 0 Å². The quantitative estimate of drug-likeness (QED) is 0.928. The summed E-state index contributed by atoms with van der Waals surface area (Å²) in [5, 5.41) is 2.96. The molecule has 2 fully saturated rings. The summed E-state index contributed by atoms with van der Waals surface area (Å²) >= 11 is 0. The molecule has 3 aliphatic rings. The van der Waals surface area contributed by atoms with Crippen LogP contribution in [0.4, 0.5) is 11.5 Å². The van der Waals surface area contributed by atoms with Gasteiger partial charge in [-0.1, -0.05) is 24.3 Å². The van der Waals surface area contributed by atoms with E-state index in [9.17, 15) is 9.59 Å². The molecule has 2 aliphatic carbocycles. The Balaban J connectivity index is 1.28. The molecule has 1 aromatic carbocycles. The summed E-state index contributed by atoms with van der Waals surface area (Å²) in [6, 6.07) is 12.1. The summed E-state index contributed by atoms with van der Waals surface area (Å²) < 4.78 is 0. The highest BCUT2D eigenvalue weighted by Crippen LogP contribution is 2.61. The molecule has 2 aromatic rings. The molecule has 0 bridgehead atoms. The molecule has 2 heterocycles. The molecule has 1 aromatic heterocycles. The van der Waals surface area contributed by atoms with Gasteiger partial charge in [0.05, 0.1) is 11.9 Å². The van der Waals surface area contributed by atoms with Gasteiger partial charge in [-0.15, -0.1) is 0 Å². The van der Waals surface area contributed by atoms with Gasteiger partial charge in [-0.2, -0.15) is 0 Å². The van der Waals surface area contributed by atoms with Gasteiger partial charge in [0.15, 0.2) is 0 Å². The molecule has 5 rings (SSSR count). The number of pyridine rings is 1. The predicted molar refractivity (Wildman–Crippen MR) is 99.0 cm³/mol. The lowest BCUT2D eigenvalue weighted by Crippen LogP contribution is -2.24. The highest BCUT2D eigenvalue weighted by atomic mass is 16.2. The van der Waals surface area contributed by atoms with Crippen LogP contribution in [0, 0.1) is 5.92 Å². The SMILES string of the molecule is O=C(Nc1ccc(N2CCCC2=O)cn1)[C@H]1C[C@]12CCc1ccccc12. The second kappa shape index (κ2) is 5.66. The monoisotopic (exact) mass is 347 g/mol. The minimum atomic E-state index is 0.0350. The Kier molecular flexibility index (Phi) is 3.39. The summed E-state index contributed by atoms with van der Waals surface area (Å²) in [5.41, 5.74) is 3.59. The number of anilines is 2. The van der Waals surface area contributed by atoms with Crippen LogP contribution in [-0.2, 0) is 21.4 Å². The zero-order valence-corrected chi connectivity index (χ0v) is 14.6. The Hall–Kier alpha value is -2.69. The number of rotatable bonds is 3. The maximum Gasteiger partial charge on any atom is 0.229 e. The molecular formula is C21H21N3O2. The lowest BCUT2D eigenvalue weighted by molar-refractivity contribution is -0.118. The molecule has 5 nitrogen and oxygen atoms in total. The van der Waals surface area contributed by atoms with Gasteiger partial charge in [-0.25, -0.2) is 4.98 Å². The Labute approximate surface area is 152 Å². The van der Waals surface area contributed by atoms with Gasteiger partial charge in [0.1, 0.15) is 5.82 Å². The molecular weight excluding hydrogens is 326 g/mol. The van der Waals surface area contributed by atoms with E-state index in [-0.39, 0.29) is 23.1 Å². The van der Waals surface area contributed by atoms with Crippen molar-refractivity contribution in [1.82, 2.24) is 4.98 Å². The summed E-state index contributed by atoms with van der Waals surface area (Å²) in [5.74, 6) is 0.786. The lowest BCUT2D eigenvalue weighted by atomic mass is 9.95. The lowest BCUT2D eigenvalue weighted by Gasteiger charge is -2.15. The number of nitrogens with one attached hydrogen (secondary N) is 1. The predicted octanol–water partition coefficient (Wildman–Crippen LogP) is 3.05. The van der Waals surface area contributed by atoms with Crippen LogP contribution in [0.1, 0.15) is 36.8 Å². The van der Waals surface area contributed by atoms with E-state index in [0.29, 0.717) is 12.2 Å². The number of nitrogens with zero attached hydrogens (tertiary/aromatic N) is 2. The fraction of sp³-hybridized carbons (Fsp3) is 0.381. The molecule has 132 valence electrons. The van der Waals surface area contributed by atoms with Crippen LogP contribution < -0.4 is 10.2 Å². The standard InChI is InChI=1S/C21H21N3O2/c25-19-6-3-11-24(19)15-7-8-18(22-13-15)23-20(26)17-12-21(17)10-9-14-4-1-2-5-16(14)21/h1-2,4-5,7-8,13,17H,3,6,9-12H2,(H,22,23,26)/t17-,21+/m1/s1. The second-order valence-corrected chi connectivity index (χ2v) is 7.61. The van der Waals surface area contributed by atoms with Crippen molar-refractivity contribution < 1.29 is 9.59 Å². The highest BCUT2D eigenvalue weighted by molar-refractivity contribution is 5.97. The molecule has 2 amide bonds. The first kappa shape index (κ1) is 15.6. The summed E-state index contributed by atoms with van der Waals surface area (Å²) in [6.07, 6.45) is 6.22. The third-order valence-electron chi connectivity index (χ3n) is 6.17. The molecule has 26 heavy (non-hydrogen) atoms. The van der Waals surface area contributed by atoms with E-state index < -0.39 is 0 Å². The second-order valence-electron chi connectivity index (χ2n) is 7.61.